The van der Waals surface area contributed by atoms with Crippen molar-refractivity contribution in [3.8, 4) is 0 Å². The van der Waals surface area contributed by atoms with Gasteiger partial charge in [-0.3, -0.25) is 9.59 Å². The van der Waals surface area contributed by atoms with Crippen LogP contribution < -0.4 is 0 Å². The molecular formula is C9H15NO2S. The molecule has 0 bridgehead atoms. The third-order valence-corrected chi connectivity index (χ3v) is 2.91. The van der Waals surface area contributed by atoms with Crippen molar-refractivity contribution in [2.45, 2.75) is 20.8 Å². The summed E-state index contributed by atoms with van der Waals surface area (Å²) >= 11 is 1.29. The van der Waals surface area contributed by atoms with E-state index >= 15 is 0 Å². The van der Waals surface area contributed by atoms with E-state index < -0.39 is 0 Å². The minimum absolute atomic E-state index is 0.0394. The lowest BCUT2D eigenvalue weighted by molar-refractivity contribution is -0.126. The summed E-state index contributed by atoms with van der Waals surface area (Å²) in [7, 11) is 0. The van der Waals surface area contributed by atoms with Crippen LogP contribution in [0.5, 0.6) is 0 Å². The molecule has 1 amide bonds. The zero-order chi connectivity index (χ0) is 10.1. The Balaban J connectivity index is 2.49. The van der Waals surface area contributed by atoms with Crippen molar-refractivity contribution < 1.29 is 9.59 Å². The smallest absolute Gasteiger partial charge is 0.282 e. The summed E-state index contributed by atoms with van der Waals surface area (Å²) in [5.41, 5.74) is -0.340. The Labute approximate surface area is 82.9 Å². The average Bonchev–Trinajstić information content (AvgIpc) is 2.34. The minimum atomic E-state index is -0.340. The van der Waals surface area contributed by atoms with Crippen LogP contribution in [0.3, 0.4) is 0 Å². The summed E-state index contributed by atoms with van der Waals surface area (Å²) in [6, 6.07) is 0. The van der Waals surface area contributed by atoms with Gasteiger partial charge in [0.15, 0.2) is 5.78 Å². The molecule has 0 N–H and O–H groups in total. The SMILES string of the molecule is CC(C)(C)C(=O)CN1CCSC1=O. The fourth-order valence-electron chi connectivity index (χ4n) is 0.980. The number of thioether (sulfide) groups is 1. The van der Waals surface area contributed by atoms with Crippen LogP contribution in [0.2, 0.25) is 0 Å². The molecule has 1 heterocycles. The van der Waals surface area contributed by atoms with Gasteiger partial charge >= 0.3 is 0 Å². The van der Waals surface area contributed by atoms with Gasteiger partial charge in [-0.1, -0.05) is 32.5 Å². The Morgan fingerprint density at radius 2 is 2.15 bits per heavy atom. The van der Waals surface area contributed by atoms with Gasteiger partial charge < -0.3 is 4.90 Å². The number of hydrogen-bond donors (Lipinski definition) is 0. The third-order valence-electron chi connectivity index (χ3n) is 2.02. The number of carbonyl (C=O) groups is 2. The Hall–Kier alpha value is -0.510. The van der Waals surface area contributed by atoms with Gasteiger partial charge in [-0.2, -0.15) is 0 Å². The fourth-order valence-corrected chi connectivity index (χ4v) is 1.80. The van der Waals surface area contributed by atoms with Crippen molar-refractivity contribution in [1.29, 1.82) is 0 Å². The molecule has 4 heteroatoms. The molecule has 0 atom stereocenters. The Morgan fingerprint density at radius 1 is 1.54 bits per heavy atom. The quantitative estimate of drug-likeness (QED) is 0.683. The third kappa shape index (κ3) is 2.72. The molecule has 0 aromatic carbocycles. The number of hydrogen-bond acceptors (Lipinski definition) is 3. The highest BCUT2D eigenvalue weighted by molar-refractivity contribution is 8.13. The summed E-state index contributed by atoms with van der Waals surface area (Å²) < 4.78 is 0. The lowest BCUT2D eigenvalue weighted by Gasteiger charge is -2.21. The van der Waals surface area contributed by atoms with Crippen molar-refractivity contribution in [3.63, 3.8) is 0 Å². The predicted octanol–water partition coefficient (Wildman–Crippen LogP) is 1.77. The largest absolute Gasteiger partial charge is 0.325 e. The Kier molecular flexibility index (Phi) is 3.01. The zero-order valence-corrected chi connectivity index (χ0v) is 9.11. The highest BCUT2D eigenvalue weighted by Gasteiger charge is 2.28. The van der Waals surface area contributed by atoms with Crippen molar-refractivity contribution in [1.82, 2.24) is 4.90 Å². The molecule has 1 rings (SSSR count). The van der Waals surface area contributed by atoms with E-state index in [9.17, 15) is 9.59 Å². The van der Waals surface area contributed by atoms with Crippen molar-refractivity contribution in [3.05, 3.63) is 0 Å². The van der Waals surface area contributed by atoms with Crippen LogP contribution in [0, 0.1) is 5.41 Å². The summed E-state index contributed by atoms with van der Waals surface area (Å²) in [4.78, 5) is 24.4. The van der Waals surface area contributed by atoms with Gasteiger partial charge in [0, 0.05) is 17.7 Å². The highest BCUT2D eigenvalue weighted by atomic mass is 32.2. The van der Waals surface area contributed by atoms with Crippen LogP contribution in [0.4, 0.5) is 4.79 Å². The zero-order valence-electron chi connectivity index (χ0n) is 8.29. The molecule has 0 aliphatic carbocycles. The van der Waals surface area contributed by atoms with Gasteiger partial charge in [0.1, 0.15) is 0 Å². The maximum Gasteiger partial charge on any atom is 0.282 e. The van der Waals surface area contributed by atoms with Crippen molar-refractivity contribution in [2.75, 3.05) is 18.8 Å². The molecule has 0 saturated carbocycles. The fraction of sp³-hybridized carbons (Fsp3) is 0.778. The number of Topliss-reactive ketones (excluding diaryl/α,β-unsaturated/α-hetero) is 1. The minimum Gasteiger partial charge on any atom is -0.325 e. The second kappa shape index (κ2) is 3.70. The maximum atomic E-state index is 11.6. The molecule has 13 heavy (non-hydrogen) atoms. The molecule has 1 saturated heterocycles. The van der Waals surface area contributed by atoms with Gasteiger partial charge in [0.25, 0.3) is 5.24 Å². The number of nitrogens with zero attached hydrogens (tertiary/aromatic N) is 1. The molecule has 0 spiro atoms. The van der Waals surface area contributed by atoms with E-state index in [1.165, 1.54) is 11.8 Å². The number of rotatable bonds is 2. The van der Waals surface area contributed by atoms with E-state index in [2.05, 4.69) is 0 Å². The van der Waals surface area contributed by atoms with Crippen LogP contribution in [-0.4, -0.2) is 34.8 Å². The Morgan fingerprint density at radius 3 is 2.54 bits per heavy atom. The molecular weight excluding hydrogens is 186 g/mol. The topological polar surface area (TPSA) is 37.4 Å². The summed E-state index contributed by atoms with van der Waals surface area (Å²) in [6.45, 7) is 6.62. The van der Waals surface area contributed by atoms with Crippen LogP contribution in [0.25, 0.3) is 0 Å². The summed E-state index contributed by atoms with van der Waals surface area (Å²) in [5, 5.41) is 0.0394. The monoisotopic (exact) mass is 201 g/mol. The Bertz CT molecular complexity index is 232. The first-order valence-corrected chi connectivity index (χ1v) is 5.35. The molecule has 0 unspecified atom stereocenters. The predicted molar refractivity (Wildman–Crippen MR) is 53.9 cm³/mol. The van der Waals surface area contributed by atoms with Gasteiger partial charge in [-0.05, 0) is 0 Å². The molecule has 0 aromatic rings. The van der Waals surface area contributed by atoms with E-state index in [1.807, 2.05) is 20.8 Å². The van der Waals surface area contributed by atoms with Gasteiger partial charge in [0.2, 0.25) is 0 Å². The van der Waals surface area contributed by atoms with E-state index in [0.717, 1.165) is 5.75 Å². The lowest BCUT2D eigenvalue weighted by Crippen LogP contribution is -2.35. The summed E-state index contributed by atoms with van der Waals surface area (Å²) in [5.74, 6) is 0.944. The number of amides is 1. The molecule has 0 radical (unpaired) electrons. The van der Waals surface area contributed by atoms with Crippen LogP contribution in [-0.2, 0) is 4.79 Å². The molecule has 1 aliphatic rings. The van der Waals surface area contributed by atoms with Crippen molar-refractivity contribution >= 4 is 22.8 Å². The lowest BCUT2D eigenvalue weighted by atomic mass is 9.90. The first kappa shape index (κ1) is 10.6. The standard InChI is InChI=1S/C9H15NO2S/c1-9(2,3)7(11)6-10-4-5-13-8(10)12/h4-6H2,1-3H3. The van der Waals surface area contributed by atoms with Crippen molar-refractivity contribution in [2.24, 2.45) is 5.41 Å². The molecule has 0 aromatic heterocycles. The summed E-state index contributed by atoms with van der Waals surface area (Å²) in [6.07, 6.45) is 0. The number of ketones is 1. The molecule has 1 fully saturated rings. The van der Waals surface area contributed by atoms with Crippen LogP contribution >= 0.6 is 11.8 Å². The normalized spacial score (nSPS) is 18.1. The van der Waals surface area contributed by atoms with E-state index in [-0.39, 0.29) is 23.0 Å². The second-order valence-electron chi connectivity index (χ2n) is 4.21. The second-order valence-corrected chi connectivity index (χ2v) is 5.26. The van der Waals surface area contributed by atoms with Gasteiger partial charge in [0.05, 0.1) is 6.54 Å². The first-order chi connectivity index (χ1) is 5.91. The van der Waals surface area contributed by atoms with E-state index in [1.54, 1.807) is 4.90 Å². The first-order valence-electron chi connectivity index (χ1n) is 4.36. The van der Waals surface area contributed by atoms with Crippen LogP contribution in [0.15, 0.2) is 0 Å². The van der Waals surface area contributed by atoms with E-state index in [0.29, 0.717) is 6.54 Å². The molecule has 74 valence electrons. The number of carbonyl (C=O) groups excluding carboxylic acids is 2. The van der Waals surface area contributed by atoms with Gasteiger partial charge in [-0.15, -0.1) is 0 Å². The van der Waals surface area contributed by atoms with E-state index in [4.69, 9.17) is 0 Å². The van der Waals surface area contributed by atoms with Gasteiger partial charge in [-0.25, -0.2) is 0 Å². The van der Waals surface area contributed by atoms with Crippen LogP contribution in [0.1, 0.15) is 20.8 Å². The average molecular weight is 201 g/mol. The molecule has 3 nitrogen and oxygen atoms in total. The maximum absolute atomic E-state index is 11.6. The molecule has 1 aliphatic heterocycles. The highest BCUT2D eigenvalue weighted by Crippen LogP contribution is 2.20.